The third-order valence-corrected chi connectivity index (χ3v) is 7.33. The number of benzene rings is 3. The second-order valence-corrected chi connectivity index (χ2v) is 10.4. The van der Waals surface area contributed by atoms with Crippen LogP contribution < -0.4 is 10.6 Å². The van der Waals surface area contributed by atoms with Gasteiger partial charge in [-0.2, -0.15) is 0 Å². The highest BCUT2D eigenvalue weighted by atomic mass is 79.9. The number of halogens is 1. The van der Waals surface area contributed by atoms with Crippen LogP contribution in [0.25, 0.3) is 11.1 Å². The molecule has 0 aromatic heterocycles. The van der Waals surface area contributed by atoms with E-state index >= 15 is 0 Å². The average Bonchev–Trinajstić information content (AvgIpc) is 2.88. The lowest BCUT2D eigenvalue weighted by Gasteiger charge is -2.26. The molecule has 178 valence electrons. The number of carbonyl (C=O) groups excluding carboxylic acids is 1. The summed E-state index contributed by atoms with van der Waals surface area (Å²) in [5.74, 6) is -0.0403. The van der Waals surface area contributed by atoms with Gasteiger partial charge in [0.25, 0.3) is 5.91 Å². The van der Waals surface area contributed by atoms with Gasteiger partial charge in [-0.3, -0.25) is 4.79 Å². The lowest BCUT2D eigenvalue weighted by atomic mass is 9.86. The van der Waals surface area contributed by atoms with Crippen molar-refractivity contribution < 1.29 is 4.79 Å². The fraction of sp³-hybridized carbons (Fsp3) is 0.367. The summed E-state index contributed by atoms with van der Waals surface area (Å²) in [4.78, 5) is 12.6. The summed E-state index contributed by atoms with van der Waals surface area (Å²) < 4.78 is 0. The molecule has 3 nitrogen and oxygen atoms in total. The van der Waals surface area contributed by atoms with Gasteiger partial charge in [-0.1, -0.05) is 83.5 Å². The van der Waals surface area contributed by atoms with E-state index < -0.39 is 0 Å². The SMILES string of the molecule is CCCN[C@H]1CCc2cc(CCCC(Br)NC(=O)c3ccc(-c4ccccc4)cc3)ccc2C1. The highest BCUT2D eigenvalue weighted by Crippen LogP contribution is 2.24. The Balaban J connectivity index is 1.22. The van der Waals surface area contributed by atoms with Crippen molar-refractivity contribution in [1.82, 2.24) is 10.6 Å². The molecule has 2 atom stereocenters. The fourth-order valence-corrected chi connectivity index (χ4v) is 5.25. The van der Waals surface area contributed by atoms with Crippen LogP contribution in [0.4, 0.5) is 0 Å². The lowest BCUT2D eigenvalue weighted by Crippen LogP contribution is -2.35. The van der Waals surface area contributed by atoms with E-state index in [1.54, 1.807) is 0 Å². The summed E-state index contributed by atoms with van der Waals surface area (Å²) in [6, 6.07) is 25.7. The largest absolute Gasteiger partial charge is 0.340 e. The minimum atomic E-state index is -0.0403. The zero-order valence-electron chi connectivity index (χ0n) is 20.0. The maximum absolute atomic E-state index is 12.6. The van der Waals surface area contributed by atoms with E-state index in [4.69, 9.17) is 0 Å². The van der Waals surface area contributed by atoms with Gasteiger partial charge >= 0.3 is 0 Å². The minimum absolute atomic E-state index is 0.0307. The van der Waals surface area contributed by atoms with Gasteiger partial charge in [-0.05, 0) is 91.4 Å². The molecule has 4 rings (SSSR count). The van der Waals surface area contributed by atoms with Crippen LogP contribution in [-0.2, 0) is 19.3 Å². The summed E-state index contributed by atoms with van der Waals surface area (Å²) >= 11 is 3.65. The summed E-state index contributed by atoms with van der Waals surface area (Å²) in [7, 11) is 0. The van der Waals surface area contributed by atoms with Gasteiger partial charge in [-0.15, -0.1) is 0 Å². The molecule has 0 saturated heterocycles. The van der Waals surface area contributed by atoms with E-state index in [-0.39, 0.29) is 10.9 Å². The van der Waals surface area contributed by atoms with Gasteiger partial charge in [-0.25, -0.2) is 0 Å². The van der Waals surface area contributed by atoms with E-state index in [1.165, 1.54) is 36.0 Å². The Hall–Kier alpha value is -2.43. The number of carbonyl (C=O) groups is 1. The van der Waals surface area contributed by atoms with Gasteiger partial charge in [0.15, 0.2) is 0 Å². The number of aryl methyl sites for hydroxylation is 2. The van der Waals surface area contributed by atoms with E-state index in [9.17, 15) is 4.79 Å². The van der Waals surface area contributed by atoms with Crippen LogP contribution in [0.1, 0.15) is 59.7 Å². The fourth-order valence-electron chi connectivity index (χ4n) is 4.71. The zero-order chi connectivity index (χ0) is 23.8. The Morgan fingerprint density at radius 2 is 1.76 bits per heavy atom. The topological polar surface area (TPSA) is 41.1 Å². The molecular formula is C30H35BrN2O. The van der Waals surface area contributed by atoms with E-state index in [0.29, 0.717) is 11.6 Å². The van der Waals surface area contributed by atoms with Crippen molar-refractivity contribution in [2.45, 2.75) is 62.9 Å². The van der Waals surface area contributed by atoms with Gasteiger partial charge in [0.2, 0.25) is 0 Å². The van der Waals surface area contributed by atoms with Crippen LogP contribution in [-0.4, -0.2) is 23.4 Å². The number of hydrogen-bond acceptors (Lipinski definition) is 2. The zero-order valence-corrected chi connectivity index (χ0v) is 21.6. The highest BCUT2D eigenvalue weighted by Gasteiger charge is 2.18. The molecule has 3 aromatic rings. The van der Waals surface area contributed by atoms with Crippen molar-refractivity contribution in [3.05, 3.63) is 95.1 Å². The molecule has 0 saturated carbocycles. The molecule has 0 fully saturated rings. The average molecular weight is 520 g/mol. The van der Waals surface area contributed by atoms with Crippen molar-refractivity contribution >= 4 is 21.8 Å². The van der Waals surface area contributed by atoms with Crippen molar-refractivity contribution in [2.75, 3.05) is 6.54 Å². The maximum Gasteiger partial charge on any atom is 0.252 e. The molecule has 2 N–H and O–H groups in total. The molecule has 1 amide bonds. The normalized spacial score (nSPS) is 16.0. The van der Waals surface area contributed by atoms with Crippen molar-refractivity contribution in [2.24, 2.45) is 0 Å². The molecule has 1 aliphatic carbocycles. The monoisotopic (exact) mass is 518 g/mol. The van der Waals surface area contributed by atoms with E-state index in [0.717, 1.165) is 43.4 Å². The van der Waals surface area contributed by atoms with Gasteiger partial charge in [0.05, 0.1) is 4.95 Å². The summed E-state index contributed by atoms with van der Waals surface area (Å²) in [6.07, 6.45) is 7.71. The summed E-state index contributed by atoms with van der Waals surface area (Å²) in [5, 5.41) is 6.76. The number of nitrogens with one attached hydrogen (secondary N) is 2. The number of rotatable bonds is 10. The Morgan fingerprint density at radius 1 is 1.00 bits per heavy atom. The molecular weight excluding hydrogens is 484 g/mol. The first-order chi connectivity index (χ1) is 16.6. The van der Waals surface area contributed by atoms with Crippen LogP contribution >= 0.6 is 15.9 Å². The number of amides is 1. The highest BCUT2D eigenvalue weighted by molar-refractivity contribution is 9.09. The Kier molecular flexibility index (Phi) is 8.95. The van der Waals surface area contributed by atoms with Crippen molar-refractivity contribution in [3.63, 3.8) is 0 Å². The summed E-state index contributed by atoms with van der Waals surface area (Å²) in [5.41, 5.74) is 7.39. The van der Waals surface area contributed by atoms with Crippen molar-refractivity contribution in [3.8, 4) is 11.1 Å². The molecule has 34 heavy (non-hydrogen) atoms. The quantitative estimate of drug-likeness (QED) is 0.232. The first-order valence-corrected chi connectivity index (χ1v) is 13.5. The van der Waals surface area contributed by atoms with Gasteiger partial charge in [0, 0.05) is 11.6 Å². The third-order valence-electron chi connectivity index (χ3n) is 6.65. The summed E-state index contributed by atoms with van der Waals surface area (Å²) in [6.45, 7) is 3.34. The van der Waals surface area contributed by atoms with Gasteiger partial charge < -0.3 is 10.6 Å². The first-order valence-electron chi connectivity index (χ1n) is 12.6. The number of alkyl halides is 1. The molecule has 1 aliphatic rings. The van der Waals surface area contributed by atoms with Crippen molar-refractivity contribution in [1.29, 1.82) is 0 Å². The minimum Gasteiger partial charge on any atom is -0.340 e. The van der Waals surface area contributed by atoms with Crippen LogP contribution in [0.3, 0.4) is 0 Å². The number of fused-ring (bicyclic) bond motifs is 1. The maximum atomic E-state index is 12.6. The third kappa shape index (κ3) is 6.80. The molecule has 0 aliphatic heterocycles. The van der Waals surface area contributed by atoms with Crippen LogP contribution in [0.15, 0.2) is 72.8 Å². The van der Waals surface area contributed by atoms with E-state index in [1.807, 2.05) is 42.5 Å². The standard InChI is InChI=1S/C30H35BrN2O/c1-2-19-32-28-18-17-26-20-22(11-12-27(26)21-28)7-6-10-29(31)33-30(34)25-15-13-24(14-16-25)23-8-4-3-5-9-23/h3-5,8-9,11-16,20,28-29,32H,2,6-7,10,17-19,21H2,1H3,(H,33,34)/t28-,29?/m0/s1. The van der Waals surface area contributed by atoms with E-state index in [2.05, 4.69) is 63.8 Å². The van der Waals surface area contributed by atoms with Crippen LogP contribution in [0.2, 0.25) is 0 Å². The number of hydrogen-bond donors (Lipinski definition) is 2. The van der Waals surface area contributed by atoms with Crippen LogP contribution in [0.5, 0.6) is 0 Å². The molecule has 4 heteroatoms. The first kappa shape index (κ1) is 24.7. The predicted octanol–water partition coefficient (Wildman–Crippen LogP) is 6.68. The second kappa shape index (κ2) is 12.3. The Labute approximate surface area is 212 Å². The van der Waals surface area contributed by atoms with Crippen LogP contribution in [0, 0.1) is 0 Å². The lowest BCUT2D eigenvalue weighted by molar-refractivity contribution is 0.0949. The predicted molar refractivity (Wildman–Crippen MR) is 146 cm³/mol. The second-order valence-electron chi connectivity index (χ2n) is 9.27. The van der Waals surface area contributed by atoms with Gasteiger partial charge in [0.1, 0.15) is 0 Å². The molecule has 0 radical (unpaired) electrons. The molecule has 3 aromatic carbocycles. The molecule has 0 heterocycles. The molecule has 1 unspecified atom stereocenters. The molecule has 0 bridgehead atoms. The smallest absolute Gasteiger partial charge is 0.252 e. The Bertz CT molecular complexity index is 1060. The Morgan fingerprint density at radius 3 is 2.53 bits per heavy atom. The molecule has 0 spiro atoms.